The molecular weight excluding hydrogens is 320 g/mol. The zero-order valence-electron chi connectivity index (χ0n) is 15.7. The third-order valence-electron chi connectivity index (χ3n) is 5.97. The van der Waals surface area contributed by atoms with Crippen molar-refractivity contribution in [2.24, 2.45) is 5.92 Å². The van der Waals surface area contributed by atoms with Crippen LogP contribution in [0.1, 0.15) is 36.0 Å². The van der Waals surface area contributed by atoms with E-state index in [1.165, 1.54) is 16.7 Å². The van der Waals surface area contributed by atoms with Crippen LogP contribution in [0.25, 0.3) is 0 Å². The summed E-state index contributed by atoms with van der Waals surface area (Å²) in [5, 5.41) is 0. The molecule has 4 rings (SSSR count). The maximum Gasteiger partial charge on any atom is 0.230 e. The van der Waals surface area contributed by atoms with Gasteiger partial charge in [0.15, 0.2) is 0 Å². The van der Waals surface area contributed by atoms with Crippen LogP contribution < -0.4 is 4.90 Å². The van der Waals surface area contributed by atoms with E-state index in [1.807, 2.05) is 0 Å². The first kappa shape index (κ1) is 17.3. The number of nitrogens with zero attached hydrogens (tertiary/aromatic N) is 2. The number of anilines is 1. The van der Waals surface area contributed by atoms with Crippen molar-refractivity contribution in [1.82, 2.24) is 4.90 Å². The molecule has 1 fully saturated rings. The Labute approximate surface area is 156 Å². The second-order valence-corrected chi connectivity index (χ2v) is 7.70. The molecule has 0 radical (unpaired) electrons. The highest BCUT2D eigenvalue weighted by Gasteiger charge is 2.31. The number of hydrogen-bond donors (Lipinski definition) is 0. The molecule has 2 heterocycles. The normalized spacial score (nSPS) is 18.6. The van der Waals surface area contributed by atoms with Gasteiger partial charge in [-0.05, 0) is 68.5 Å². The Hall–Kier alpha value is -2.13. The van der Waals surface area contributed by atoms with Gasteiger partial charge in [0.1, 0.15) is 0 Å². The SMILES string of the molecule is Cc1ccccc1CN1CCC(C(=O)N2CCCc3ccccc32)CC1. The Morgan fingerprint density at radius 3 is 2.54 bits per heavy atom. The molecule has 0 atom stereocenters. The minimum Gasteiger partial charge on any atom is -0.312 e. The number of rotatable bonds is 3. The number of hydrogen-bond acceptors (Lipinski definition) is 2. The van der Waals surface area contributed by atoms with Gasteiger partial charge in [0, 0.05) is 24.7 Å². The van der Waals surface area contributed by atoms with Crippen LogP contribution in [-0.4, -0.2) is 30.4 Å². The van der Waals surface area contributed by atoms with E-state index in [0.29, 0.717) is 5.91 Å². The average Bonchev–Trinajstić information content (AvgIpc) is 2.69. The number of carbonyl (C=O) groups is 1. The Morgan fingerprint density at radius 2 is 1.73 bits per heavy atom. The van der Waals surface area contributed by atoms with Gasteiger partial charge in [-0.2, -0.15) is 0 Å². The first-order valence-electron chi connectivity index (χ1n) is 9.88. The lowest BCUT2D eigenvalue weighted by Crippen LogP contribution is -2.44. The highest BCUT2D eigenvalue weighted by atomic mass is 16.2. The fourth-order valence-electron chi connectivity index (χ4n) is 4.35. The number of para-hydroxylation sites is 1. The standard InChI is InChI=1S/C23H28N2O/c1-18-7-2-3-9-21(18)17-24-15-12-20(13-16-24)23(26)25-14-6-10-19-8-4-5-11-22(19)25/h2-5,7-9,11,20H,6,10,12-17H2,1H3. The largest absolute Gasteiger partial charge is 0.312 e. The molecule has 2 aliphatic rings. The van der Waals surface area contributed by atoms with E-state index in [4.69, 9.17) is 0 Å². The number of carbonyl (C=O) groups excluding carboxylic acids is 1. The summed E-state index contributed by atoms with van der Waals surface area (Å²) < 4.78 is 0. The predicted molar refractivity (Wildman–Crippen MR) is 106 cm³/mol. The number of amides is 1. The number of fused-ring (bicyclic) bond motifs is 1. The van der Waals surface area contributed by atoms with E-state index in [9.17, 15) is 4.79 Å². The minimum atomic E-state index is 0.175. The molecule has 0 aromatic heterocycles. The van der Waals surface area contributed by atoms with Crippen molar-refractivity contribution in [2.75, 3.05) is 24.5 Å². The molecule has 0 spiro atoms. The van der Waals surface area contributed by atoms with Gasteiger partial charge >= 0.3 is 0 Å². The molecule has 2 aromatic rings. The van der Waals surface area contributed by atoms with Crippen LogP contribution in [0.15, 0.2) is 48.5 Å². The summed E-state index contributed by atoms with van der Waals surface area (Å²) in [6.45, 7) is 6.08. The van der Waals surface area contributed by atoms with Gasteiger partial charge < -0.3 is 4.90 Å². The third kappa shape index (κ3) is 3.54. The summed E-state index contributed by atoms with van der Waals surface area (Å²) in [7, 11) is 0. The fraction of sp³-hybridized carbons (Fsp3) is 0.435. The smallest absolute Gasteiger partial charge is 0.230 e. The molecule has 0 saturated carbocycles. The van der Waals surface area contributed by atoms with E-state index in [1.54, 1.807) is 0 Å². The lowest BCUT2D eigenvalue weighted by Gasteiger charge is -2.36. The van der Waals surface area contributed by atoms with Crippen molar-refractivity contribution in [1.29, 1.82) is 0 Å². The molecule has 0 unspecified atom stereocenters. The summed E-state index contributed by atoms with van der Waals surface area (Å²) >= 11 is 0. The fourth-order valence-corrected chi connectivity index (χ4v) is 4.35. The quantitative estimate of drug-likeness (QED) is 0.830. The zero-order valence-corrected chi connectivity index (χ0v) is 15.7. The Bertz CT molecular complexity index is 777. The first-order valence-corrected chi connectivity index (χ1v) is 9.88. The summed E-state index contributed by atoms with van der Waals surface area (Å²) in [4.78, 5) is 17.7. The molecule has 26 heavy (non-hydrogen) atoms. The van der Waals surface area contributed by atoms with Gasteiger partial charge in [-0.3, -0.25) is 9.69 Å². The van der Waals surface area contributed by atoms with Crippen molar-refractivity contribution < 1.29 is 4.79 Å². The van der Waals surface area contributed by atoms with Crippen LogP contribution in [0.4, 0.5) is 5.69 Å². The molecule has 0 bridgehead atoms. The van der Waals surface area contributed by atoms with Crippen molar-refractivity contribution in [3.05, 3.63) is 65.2 Å². The Balaban J connectivity index is 1.38. The predicted octanol–water partition coefficient (Wildman–Crippen LogP) is 4.19. The van der Waals surface area contributed by atoms with Crippen LogP contribution in [-0.2, 0) is 17.8 Å². The number of aryl methyl sites for hydroxylation is 2. The molecule has 1 amide bonds. The van der Waals surface area contributed by atoms with E-state index in [2.05, 4.69) is 65.3 Å². The Morgan fingerprint density at radius 1 is 1.00 bits per heavy atom. The molecule has 2 aromatic carbocycles. The van der Waals surface area contributed by atoms with Crippen LogP contribution in [0.3, 0.4) is 0 Å². The molecule has 136 valence electrons. The topological polar surface area (TPSA) is 23.6 Å². The summed E-state index contributed by atoms with van der Waals surface area (Å²) in [5.74, 6) is 0.516. The maximum absolute atomic E-state index is 13.1. The molecular formula is C23H28N2O. The average molecular weight is 348 g/mol. The van der Waals surface area contributed by atoms with Crippen molar-refractivity contribution in [2.45, 2.75) is 39.2 Å². The highest BCUT2D eigenvalue weighted by molar-refractivity contribution is 5.96. The number of piperidine rings is 1. The first-order chi connectivity index (χ1) is 12.7. The van der Waals surface area contributed by atoms with E-state index in [-0.39, 0.29) is 5.92 Å². The van der Waals surface area contributed by atoms with E-state index in [0.717, 1.165) is 57.5 Å². The summed E-state index contributed by atoms with van der Waals surface area (Å²) in [5.41, 5.74) is 5.23. The van der Waals surface area contributed by atoms with Crippen LogP contribution in [0.5, 0.6) is 0 Å². The van der Waals surface area contributed by atoms with Crippen LogP contribution >= 0.6 is 0 Å². The molecule has 3 nitrogen and oxygen atoms in total. The van der Waals surface area contributed by atoms with Gasteiger partial charge in [-0.15, -0.1) is 0 Å². The van der Waals surface area contributed by atoms with Gasteiger partial charge in [-0.1, -0.05) is 42.5 Å². The van der Waals surface area contributed by atoms with E-state index >= 15 is 0 Å². The van der Waals surface area contributed by atoms with Gasteiger partial charge in [0.05, 0.1) is 0 Å². The van der Waals surface area contributed by atoms with Crippen LogP contribution in [0.2, 0.25) is 0 Å². The van der Waals surface area contributed by atoms with Crippen molar-refractivity contribution in [3.8, 4) is 0 Å². The van der Waals surface area contributed by atoms with Gasteiger partial charge in [0.2, 0.25) is 5.91 Å². The molecule has 0 N–H and O–H groups in total. The lowest BCUT2D eigenvalue weighted by molar-refractivity contribution is -0.123. The summed E-state index contributed by atoms with van der Waals surface area (Å²) in [6, 6.07) is 17.0. The second kappa shape index (κ2) is 7.63. The minimum absolute atomic E-state index is 0.175. The monoisotopic (exact) mass is 348 g/mol. The lowest BCUT2D eigenvalue weighted by atomic mass is 9.92. The second-order valence-electron chi connectivity index (χ2n) is 7.70. The summed E-state index contributed by atoms with van der Waals surface area (Å²) in [6.07, 6.45) is 4.12. The molecule has 1 saturated heterocycles. The third-order valence-corrected chi connectivity index (χ3v) is 5.97. The van der Waals surface area contributed by atoms with E-state index < -0.39 is 0 Å². The van der Waals surface area contributed by atoms with Crippen LogP contribution in [0, 0.1) is 12.8 Å². The van der Waals surface area contributed by atoms with Gasteiger partial charge in [0.25, 0.3) is 0 Å². The Kier molecular flexibility index (Phi) is 5.07. The molecule has 0 aliphatic carbocycles. The highest BCUT2D eigenvalue weighted by Crippen LogP contribution is 2.30. The molecule has 3 heteroatoms. The van der Waals surface area contributed by atoms with Crippen molar-refractivity contribution in [3.63, 3.8) is 0 Å². The maximum atomic E-state index is 13.1. The molecule has 2 aliphatic heterocycles. The zero-order chi connectivity index (χ0) is 17.9. The van der Waals surface area contributed by atoms with Gasteiger partial charge in [-0.25, -0.2) is 0 Å². The number of benzene rings is 2. The number of likely N-dealkylation sites (tertiary alicyclic amines) is 1. The van der Waals surface area contributed by atoms with Crippen molar-refractivity contribution >= 4 is 11.6 Å².